The molecule has 84 valence electrons. The average molecular weight is 252 g/mol. The van der Waals surface area contributed by atoms with E-state index in [9.17, 15) is 4.79 Å². The van der Waals surface area contributed by atoms with Crippen LogP contribution < -0.4 is 5.32 Å². The molecule has 3 nitrogen and oxygen atoms in total. The smallest absolute Gasteiger partial charge is 0.258 e. The number of amidine groups is 1. The molecule has 0 spiro atoms. The van der Waals surface area contributed by atoms with E-state index in [4.69, 9.17) is 0 Å². The van der Waals surface area contributed by atoms with Gasteiger partial charge in [-0.05, 0) is 25.3 Å². The molecule has 0 radical (unpaired) electrons. The van der Waals surface area contributed by atoms with Crippen LogP contribution in [-0.2, 0) is 0 Å². The van der Waals surface area contributed by atoms with Crippen LogP contribution in [0.5, 0.6) is 0 Å². The Kier molecular flexibility index (Phi) is 3.46. The SMILES string of the molecule is CC(C)=C1CSC(NC(=O)c2ccsc2)=N1. The van der Waals surface area contributed by atoms with Gasteiger partial charge in [-0.2, -0.15) is 11.3 Å². The zero-order valence-electron chi connectivity index (χ0n) is 9.11. The van der Waals surface area contributed by atoms with Gasteiger partial charge in [-0.1, -0.05) is 17.3 Å². The van der Waals surface area contributed by atoms with Gasteiger partial charge in [0.25, 0.3) is 5.91 Å². The van der Waals surface area contributed by atoms with Gasteiger partial charge in [-0.15, -0.1) is 0 Å². The van der Waals surface area contributed by atoms with Crippen LogP contribution >= 0.6 is 23.1 Å². The molecule has 5 heteroatoms. The standard InChI is InChI=1S/C11H12N2OS2/c1-7(2)9-6-16-11(12-9)13-10(14)8-3-4-15-5-8/h3-5H,6H2,1-2H3,(H,12,13,14). The van der Waals surface area contributed by atoms with Crippen LogP contribution in [0.3, 0.4) is 0 Å². The molecular weight excluding hydrogens is 240 g/mol. The quantitative estimate of drug-likeness (QED) is 0.835. The first-order valence-electron chi connectivity index (χ1n) is 4.88. The molecule has 0 bridgehead atoms. The highest BCUT2D eigenvalue weighted by Crippen LogP contribution is 2.22. The molecule has 16 heavy (non-hydrogen) atoms. The summed E-state index contributed by atoms with van der Waals surface area (Å²) in [6.07, 6.45) is 0. The first-order chi connectivity index (χ1) is 7.66. The van der Waals surface area contributed by atoms with Crippen molar-refractivity contribution in [1.29, 1.82) is 0 Å². The summed E-state index contributed by atoms with van der Waals surface area (Å²) in [6.45, 7) is 4.06. The van der Waals surface area contributed by atoms with Crippen molar-refractivity contribution < 1.29 is 4.79 Å². The number of allylic oxidation sites excluding steroid dienone is 1. The normalized spacial score (nSPS) is 14.9. The number of thiophene rings is 1. The summed E-state index contributed by atoms with van der Waals surface area (Å²) in [7, 11) is 0. The van der Waals surface area contributed by atoms with Gasteiger partial charge in [0, 0.05) is 11.1 Å². The molecule has 1 aliphatic heterocycles. The second-order valence-electron chi connectivity index (χ2n) is 3.62. The number of hydrogen-bond acceptors (Lipinski definition) is 4. The number of hydrogen-bond donors (Lipinski definition) is 1. The number of carbonyl (C=O) groups excluding carboxylic acids is 1. The first-order valence-corrected chi connectivity index (χ1v) is 6.81. The average Bonchev–Trinajstić information content (AvgIpc) is 2.87. The van der Waals surface area contributed by atoms with Gasteiger partial charge in [-0.25, -0.2) is 4.99 Å². The largest absolute Gasteiger partial charge is 0.301 e. The van der Waals surface area contributed by atoms with Gasteiger partial charge < -0.3 is 5.32 Å². The van der Waals surface area contributed by atoms with E-state index in [1.165, 1.54) is 16.9 Å². The van der Waals surface area contributed by atoms with Gasteiger partial charge in [0.2, 0.25) is 0 Å². The number of rotatable bonds is 1. The molecule has 0 saturated carbocycles. The molecule has 0 saturated heterocycles. The van der Waals surface area contributed by atoms with Crippen molar-refractivity contribution in [2.24, 2.45) is 4.99 Å². The summed E-state index contributed by atoms with van der Waals surface area (Å²) < 4.78 is 0. The lowest BCUT2D eigenvalue weighted by molar-refractivity contribution is 0.0978. The predicted octanol–water partition coefficient (Wildman–Crippen LogP) is 2.87. The first kappa shape index (κ1) is 11.4. The fraction of sp³-hybridized carbons (Fsp3) is 0.273. The molecule has 0 unspecified atom stereocenters. The van der Waals surface area contributed by atoms with Crippen molar-refractivity contribution in [3.8, 4) is 0 Å². The number of carbonyl (C=O) groups is 1. The minimum absolute atomic E-state index is 0.0810. The number of amides is 1. The maximum Gasteiger partial charge on any atom is 0.258 e. The summed E-state index contributed by atoms with van der Waals surface area (Å²) >= 11 is 3.08. The van der Waals surface area contributed by atoms with Crippen molar-refractivity contribution in [2.75, 3.05) is 5.75 Å². The van der Waals surface area contributed by atoms with Crippen molar-refractivity contribution >= 4 is 34.2 Å². The Balaban J connectivity index is 2.05. The molecule has 1 aromatic rings. The van der Waals surface area contributed by atoms with Crippen LogP contribution in [0, 0.1) is 0 Å². The van der Waals surface area contributed by atoms with E-state index in [1.807, 2.05) is 30.7 Å². The van der Waals surface area contributed by atoms with Crippen LogP contribution in [0.15, 0.2) is 33.1 Å². The van der Waals surface area contributed by atoms with E-state index >= 15 is 0 Å². The van der Waals surface area contributed by atoms with E-state index in [1.54, 1.807) is 11.8 Å². The van der Waals surface area contributed by atoms with Crippen LogP contribution in [0.2, 0.25) is 0 Å². The van der Waals surface area contributed by atoms with Crippen molar-refractivity contribution in [2.45, 2.75) is 13.8 Å². The summed E-state index contributed by atoms with van der Waals surface area (Å²) in [5.74, 6) is 0.768. The number of thioether (sulfide) groups is 1. The molecule has 1 N–H and O–H groups in total. The molecule has 2 heterocycles. The molecule has 2 rings (SSSR count). The van der Waals surface area contributed by atoms with Gasteiger partial charge in [0.1, 0.15) is 0 Å². The van der Waals surface area contributed by atoms with E-state index in [0.717, 1.165) is 11.4 Å². The minimum Gasteiger partial charge on any atom is -0.301 e. The zero-order chi connectivity index (χ0) is 11.5. The molecule has 0 aromatic carbocycles. The molecule has 0 atom stereocenters. The monoisotopic (exact) mass is 252 g/mol. The second kappa shape index (κ2) is 4.84. The third kappa shape index (κ3) is 2.54. The van der Waals surface area contributed by atoms with E-state index in [2.05, 4.69) is 10.3 Å². The number of nitrogens with one attached hydrogen (secondary N) is 1. The van der Waals surface area contributed by atoms with Crippen LogP contribution in [0.1, 0.15) is 24.2 Å². The highest BCUT2D eigenvalue weighted by atomic mass is 32.2. The van der Waals surface area contributed by atoms with Gasteiger partial charge >= 0.3 is 0 Å². The maximum atomic E-state index is 11.7. The molecule has 0 fully saturated rings. The van der Waals surface area contributed by atoms with E-state index in [0.29, 0.717) is 10.7 Å². The molecule has 1 aromatic heterocycles. The number of aliphatic imine (C=N–C) groups is 1. The van der Waals surface area contributed by atoms with Crippen molar-refractivity contribution in [3.63, 3.8) is 0 Å². The minimum atomic E-state index is -0.0810. The third-order valence-corrected chi connectivity index (χ3v) is 3.73. The van der Waals surface area contributed by atoms with Crippen LogP contribution in [0.4, 0.5) is 0 Å². The lowest BCUT2D eigenvalue weighted by Crippen LogP contribution is -2.26. The summed E-state index contributed by atoms with van der Waals surface area (Å²) in [5, 5.41) is 7.23. The lowest BCUT2D eigenvalue weighted by atomic mass is 10.3. The molecule has 0 aliphatic carbocycles. The number of nitrogens with zero attached hydrogens (tertiary/aromatic N) is 1. The summed E-state index contributed by atoms with van der Waals surface area (Å²) in [5.41, 5.74) is 2.96. The van der Waals surface area contributed by atoms with E-state index < -0.39 is 0 Å². The molecule has 1 aliphatic rings. The maximum absolute atomic E-state index is 11.7. The highest BCUT2D eigenvalue weighted by molar-refractivity contribution is 8.14. The van der Waals surface area contributed by atoms with E-state index in [-0.39, 0.29) is 5.91 Å². The fourth-order valence-electron chi connectivity index (χ4n) is 1.21. The summed E-state index contributed by atoms with van der Waals surface area (Å²) in [6, 6.07) is 1.81. The Morgan fingerprint density at radius 1 is 1.50 bits per heavy atom. The molecule has 1 amide bonds. The summed E-state index contributed by atoms with van der Waals surface area (Å²) in [4.78, 5) is 16.1. The Morgan fingerprint density at radius 3 is 2.88 bits per heavy atom. The zero-order valence-corrected chi connectivity index (χ0v) is 10.7. The Morgan fingerprint density at radius 2 is 2.31 bits per heavy atom. The Bertz CT molecular complexity index is 456. The lowest BCUT2D eigenvalue weighted by Gasteiger charge is -2.00. The van der Waals surface area contributed by atoms with Gasteiger partial charge in [0.05, 0.1) is 11.3 Å². The van der Waals surface area contributed by atoms with Crippen LogP contribution in [0.25, 0.3) is 0 Å². The van der Waals surface area contributed by atoms with Crippen LogP contribution in [-0.4, -0.2) is 16.8 Å². The van der Waals surface area contributed by atoms with Gasteiger partial charge in [-0.3, -0.25) is 4.79 Å². The molecular formula is C11H12N2OS2. The van der Waals surface area contributed by atoms with Crippen molar-refractivity contribution in [3.05, 3.63) is 33.7 Å². The third-order valence-electron chi connectivity index (χ3n) is 2.16. The Labute approximate surface area is 103 Å². The second-order valence-corrected chi connectivity index (χ2v) is 5.36. The van der Waals surface area contributed by atoms with Crippen molar-refractivity contribution in [1.82, 2.24) is 5.32 Å². The topological polar surface area (TPSA) is 41.5 Å². The Hall–Kier alpha value is -1.07. The van der Waals surface area contributed by atoms with Gasteiger partial charge in [0.15, 0.2) is 5.17 Å². The highest BCUT2D eigenvalue weighted by Gasteiger charge is 2.16. The fourth-order valence-corrected chi connectivity index (χ4v) is 2.81. The predicted molar refractivity (Wildman–Crippen MR) is 70.1 cm³/mol.